The molecule has 0 bridgehead atoms. The van der Waals surface area contributed by atoms with Crippen molar-refractivity contribution in [3.8, 4) is 0 Å². The molecular weight excluding hydrogens is 278 g/mol. The molecule has 1 aromatic rings. The van der Waals surface area contributed by atoms with Crippen LogP contribution in [-0.4, -0.2) is 46.8 Å². The number of nitrogens with one attached hydrogen (secondary N) is 2. The van der Waals surface area contributed by atoms with Crippen molar-refractivity contribution in [2.24, 2.45) is 0 Å². The second-order valence-corrected chi connectivity index (χ2v) is 4.91. The number of carbonyl (C=O) groups excluding carboxylic acids is 1. The molecule has 0 saturated heterocycles. The topological polar surface area (TPSA) is 53.6 Å². The molecule has 0 aliphatic heterocycles. The third kappa shape index (κ3) is 5.36. The van der Waals surface area contributed by atoms with E-state index in [0.29, 0.717) is 24.7 Å². The molecule has 1 rings (SSSR count). The van der Waals surface area contributed by atoms with Gasteiger partial charge in [-0.3, -0.25) is 4.79 Å². The van der Waals surface area contributed by atoms with E-state index in [0.717, 1.165) is 17.8 Å². The Balaban J connectivity index is 2.75. The molecule has 2 N–H and O–H groups in total. The summed E-state index contributed by atoms with van der Waals surface area (Å²) in [6.07, 6.45) is 0. The fourth-order valence-electron chi connectivity index (χ4n) is 1.84. The van der Waals surface area contributed by atoms with Gasteiger partial charge in [-0.05, 0) is 23.8 Å². The number of benzene rings is 1. The summed E-state index contributed by atoms with van der Waals surface area (Å²) in [5.74, 6) is -0.0271. The Hall–Kier alpha value is -1.30. The van der Waals surface area contributed by atoms with Crippen LogP contribution in [0.15, 0.2) is 18.2 Å². The summed E-state index contributed by atoms with van der Waals surface area (Å²) in [5, 5.41) is 6.58. The Bertz CT molecular complexity index is 440. The molecule has 20 heavy (non-hydrogen) atoms. The lowest BCUT2D eigenvalue weighted by atomic mass is 10.1. The van der Waals surface area contributed by atoms with Crippen molar-refractivity contribution in [2.45, 2.75) is 6.54 Å². The predicted octanol–water partition coefficient (Wildman–Crippen LogP) is 1.26. The number of nitrogens with zero attached hydrogens (tertiary/aromatic N) is 1. The first-order valence-electron chi connectivity index (χ1n) is 6.48. The van der Waals surface area contributed by atoms with E-state index in [1.54, 1.807) is 14.2 Å². The summed E-state index contributed by atoms with van der Waals surface area (Å²) in [4.78, 5) is 13.4. The minimum atomic E-state index is -0.0271. The van der Waals surface area contributed by atoms with E-state index in [1.165, 1.54) is 0 Å². The number of methoxy groups -OCH3 is 1. The number of hydrogen-bond acceptors (Lipinski definition) is 4. The van der Waals surface area contributed by atoms with Gasteiger partial charge in [0.1, 0.15) is 0 Å². The standard InChI is InChI=1S/C14H22ClN3O2/c1-16-14(19)10-18(2)13-5-4-12(15)8-11(13)9-17-6-7-20-3/h4-5,8,17H,6-7,9-10H2,1-3H3,(H,16,19). The van der Waals surface area contributed by atoms with Gasteiger partial charge in [-0.2, -0.15) is 0 Å². The molecule has 0 radical (unpaired) electrons. The van der Waals surface area contributed by atoms with Crippen molar-refractivity contribution in [3.63, 3.8) is 0 Å². The smallest absolute Gasteiger partial charge is 0.239 e. The van der Waals surface area contributed by atoms with Gasteiger partial charge in [0.25, 0.3) is 0 Å². The first-order chi connectivity index (χ1) is 9.58. The number of halogens is 1. The molecule has 112 valence electrons. The molecule has 0 aliphatic carbocycles. The minimum absolute atomic E-state index is 0.0271. The third-order valence-electron chi connectivity index (χ3n) is 2.91. The molecule has 0 heterocycles. The summed E-state index contributed by atoms with van der Waals surface area (Å²) in [5.41, 5.74) is 2.04. The molecule has 1 aromatic carbocycles. The molecule has 0 aliphatic rings. The van der Waals surface area contributed by atoms with E-state index < -0.39 is 0 Å². The van der Waals surface area contributed by atoms with Crippen molar-refractivity contribution >= 4 is 23.2 Å². The lowest BCUT2D eigenvalue weighted by Gasteiger charge is -2.22. The van der Waals surface area contributed by atoms with Crippen LogP contribution in [0, 0.1) is 0 Å². The third-order valence-corrected chi connectivity index (χ3v) is 3.15. The fraction of sp³-hybridized carbons (Fsp3) is 0.500. The second-order valence-electron chi connectivity index (χ2n) is 4.47. The summed E-state index contributed by atoms with van der Waals surface area (Å²) in [6.45, 7) is 2.41. The maximum absolute atomic E-state index is 11.5. The molecule has 0 saturated carbocycles. The van der Waals surface area contributed by atoms with Crippen LogP contribution in [0.5, 0.6) is 0 Å². The van der Waals surface area contributed by atoms with E-state index >= 15 is 0 Å². The quantitative estimate of drug-likeness (QED) is 0.710. The Labute approximate surface area is 125 Å². The lowest BCUT2D eigenvalue weighted by molar-refractivity contribution is -0.119. The zero-order valence-electron chi connectivity index (χ0n) is 12.2. The van der Waals surface area contributed by atoms with Crippen molar-refractivity contribution in [1.29, 1.82) is 0 Å². The summed E-state index contributed by atoms with van der Waals surface area (Å²) < 4.78 is 5.00. The van der Waals surface area contributed by atoms with Gasteiger partial charge in [-0.25, -0.2) is 0 Å². The van der Waals surface area contributed by atoms with Gasteiger partial charge < -0.3 is 20.3 Å². The summed E-state index contributed by atoms with van der Waals surface area (Å²) in [7, 11) is 5.19. The highest BCUT2D eigenvalue weighted by molar-refractivity contribution is 6.30. The number of amides is 1. The number of anilines is 1. The van der Waals surface area contributed by atoms with Crippen LogP contribution in [0.2, 0.25) is 5.02 Å². The van der Waals surface area contributed by atoms with Gasteiger partial charge in [0.15, 0.2) is 0 Å². The molecular formula is C14H22ClN3O2. The number of rotatable bonds is 8. The van der Waals surface area contributed by atoms with Crippen LogP contribution in [0.3, 0.4) is 0 Å². The van der Waals surface area contributed by atoms with Gasteiger partial charge in [-0.1, -0.05) is 11.6 Å². The Morgan fingerprint density at radius 3 is 2.85 bits per heavy atom. The first-order valence-corrected chi connectivity index (χ1v) is 6.86. The van der Waals surface area contributed by atoms with Crippen LogP contribution in [0.4, 0.5) is 5.69 Å². The van der Waals surface area contributed by atoms with E-state index in [4.69, 9.17) is 16.3 Å². The van der Waals surface area contributed by atoms with Crippen LogP contribution >= 0.6 is 11.6 Å². The SMILES string of the molecule is CNC(=O)CN(C)c1ccc(Cl)cc1CNCCOC. The van der Waals surface area contributed by atoms with E-state index in [2.05, 4.69) is 10.6 Å². The number of hydrogen-bond donors (Lipinski definition) is 2. The number of carbonyl (C=O) groups is 1. The highest BCUT2D eigenvalue weighted by Crippen LogP contribution is 2.23. The summed E-state index contributed by atoms with van der Waals surface area (Å²) in [6, 6.07) is 5.67. The van der Waals surface area contributed by atoms with Gasteiger partial charge in [0, 0.05) is 45.0 Å². The normalized spacial score (nSPS) is 10.4. The second kappa shape index (κ2) is 8.79. The average Bonchev–Trinajstić information content (AvgIpc) is 2.43. The van der Waals surface area contributed by atoms with Crippen LogP contribution in [-0.2, 0) is 16.1 Å². The largest absolute Gasteiger partial charge is 0.383 e. The van der Waals surface area contributed by atoms with Crippen molar-refractivity contribution < 1.29 is 9.53 Å². The van der Waals surface area contributed by atoms with Gasteiger partial charge in [0.05, 0.1) is 13.2 Å². The monoisotopic (exact) mass is 299 g/mol. The predicted molar refractivity (Wildman–Crippen MR) is 82.4 cm³/mol. The average molecular weight is 300 g/mol. The Kier molecular flexibility index (Phi) is 7.36. The minimum Gasteiger partial charge on any atom is -0.383 e. The van der Waals surface area contributed by atoms with Gasteiger partial charge >= 0.3 is 0 Å². The lowest BCUT2D eigenvalue weighted by Crippen LogP contribution is -2.33. The van der Waals surface area contributed by atoms with Crippen LogP contribution < -0.4 is 15.5 Å². The fourth-order valence-corrected chi connectivity index (χ4v) is 2.04. The first kappa shape index (κ1) is 16.8. The van der Waals surface area contributed by atoms with Crippen LogP contribution in [0.25, 0.3) is 0 Å². The van der Waals surface area contributed by atoms with E-state index in [9.17, 15) is 4.79 Å². The molecule has 0 atom stereocenters. The zero-order chi connectivity index (χ0) is 15.0. The molecule has 6 heteroatoms. The maximum atomic E-state index is 11.5. The van der Waals surface area contributed by atoms with Crippen LogP contribution in [0.1, 0.15) is 5.56 Å². The van der Waals surface area contributed by atoms with Crippen molar-refractivity contribution in [3.05, 3.63) is 28.8 Å². The molecule has 0 spiro atoms. The van der Waals surface area contributed by atoms with Crippen molar-refractivity contribution in [2.75, 3.05) is 45.8 Å². The molecule has 0 aromatic heterocycles. The van der Waals surface area contributed by atoms with Gasteiger partial charge in [-0.15, -0.1) is 0 Å². The zero-order valence-corrected chi connectivity index (χ0v) is 13.0. The molecule has 1 amide bonds. The highest BCUT2D eigenvalue weighted by Gasteiger charge is 2.10. The number of likely N-dealkylation sites (N-methyl/N-ethyl adjacent to an activating group) is 2. The maximum Gasteiger partial charge on any atom is 0.239 e. The number of ether oxygens (including phenoxy) is 1. The molecule has 0 fully saturated rings. The van der Waals surface area contributed by atoms with E-state index in [1.807, 2.05) is 30.1 Å². The highest BCUT2D eigenvalue weighted by atomic mass is 35.5. The molecule has 0 unspecified atom stereocenters. The Morgan fingerprint density at radius 1 is 1.45 bits per heavy atom. The summed E-state index contributed by atoms with van der Waals surface area (Å²) >= 11 is 6.04. The van der Waals surface area contributed by atoms with Crippen molar-refractivity contribution in [1.82, 2.24) is 10.6 Å². The van der Waals surface area contributed by atoms with E-state index in [-0.39, 0.29) is 5.91 Å². The Morgan fingerprint density at radius 2 is 2.20 bits per heavy atom. The molecule has 5 nitrogen and oxygen atoms in total. The van der Waals surface area contributed by atoms with Gasteiger partial charge in [0.2, 0.25) is 5.91 Å².